The van der Waals surface area contributed by atoms with Crippen molar-refractivity contribution in [2.75, 3.05) is 0 Å². The van der Waals surface area contributed by atoms with Crippen LogP contribution in [0.4, 0.5) is 0 Å². The first kappa shape index (κ1) is 10.5. The van der Waals surface area contributed by atoms with E-state index < -0.39 is 0 Å². The molecule has 0 saturated heterocycles. The SMILES string of the molecule is CC1CC(c2ccc3ccccc3c2)CC1=O. The van der Waals surface area contributed by atoms with Crippen molar-refractivity contribution in [2.45, 2.75) is 25.7 Å². The number of rotatable bonds is 1. The van der Waals surface area contributed by atoms with Crippen molar-refractivity contribution >= 4 is 16.6 Å². The Labute approximate surface area is 101 Å². The highest BCUT2D eigenvalue weighted by Gasteiger charge is 2.29. The molecule has 2 atom stereocenters. The van der Waals surface area contributed by atoms with E-state index in [0.717, 1.165) is 12.8 Å². The maximum Gasteiger partial charge on any atom is 0.136 e. The van der Waals surface area contributed by atoms with Crippen molar-refractivity contribution in [3.05, 3.63) is 48.0 Å². The van der Waals surface area contributed by atoms with Gasteiger partial charge in [0.25, 0.3) is 0 Å². The summed E-state index contributed by atoms with van der Waals surface area (Å²) in [5.74, 6) is 1.09. The maximum atomic E-state index is 11.6. The number of hydrogen-bond donors (Lipinski definition) is 0. The lowest BCUT2D eigenvalue weighted by molar-refractivity contribution is -0.120. The van der Waals surface area contributed by atoms with Crippen molar-refractivity contribution in [3.63, 3.8) is 0 Å². The molecule has 0 heterocycles. The zero-order valence-corrected chi connectivity index (χ0v) is 10.0. The van der Waals surface area contributed by atoms with Gasteiger partial charge >= 0.3 is 0 Å². The van der Waals surface area contributed by atoms with Crippen molar-refractivity contribution in [1.82, 2.24) is 0 Å². The van der Waals surface area contributed by atoms with Crippen molar-refractivity contribution in [3.8, 4) is 0 Å². The molecule has 2 aromatic carbocycles. The summed E-state index contributed by atoms with van der Waals surface area (Å²) in [7, 11) is 0. The second-order valence-electron chi connectivity index (χ2n) is 5.11. The predicted octanol–water partition coefficient (Wildman–Crippen LogP) is 3.92. The van der Waals surface area contributed by atoms with Crippen LogP contribution in [0.5, 0.6) is 0 Å². The summed E-state index contributed by atoms with van der Waals surface area (Å²) >= 11 is 0. The van der Waals surface area contributed by atoms with Gasteiger partial charge in [0.15, 0.2) is 0 Å². The van der Waals surface area contributed by atoms with E-state index in [0.29, 0.717) is 11.7 Å². The lowest BCUT2D eigenvalue weighted by Crippen LogP contribution is -1.98. The maximum absolute atomic E-state index is 11.6. The zero-order chi connectivity index (χ0) is 11.8. The Kier molecular flexibility index (Phi) is 2.47. The number of benzene rings is 2. The molecule has 1 nitrogen and oxygen atoms in total. The molecule has 1 aliphatic carbocycles. The van der Waals surface area contributed by atoms with E-state index in [2.05, 4.69) is 42.5 Å². The quantitative estimate of drug-likeness (QED) is 0.717. The summed E-state index contributed by atoms with van der Waals surface area (Å²) in [6, 6.07) is 15.0. The van der Waals surface area contributed by atoms with E-state index in [1.165, 1.54) is 16.3 Å². The number of ketones is 1. The Morgan fingerprint density at radius 2 is 1.82 bits per heavy atom. The molecular weight excluding hydrogens is 208 g/mol. The van der Waals surface area contributed by atoms with E-state index in [-0.39, 0.29) is 5.92 Å². The second-order valence-corrected chi connectivity index (χ2v) is 5.11. The van der Waals surface area contributed by atoms with Gasteiger partial charge in [0, 0.05) is 12.3 Å². The topological polar surface area (TPSA) is 17.1 Å². The normalized spacial score (nSPS) is 24.4. The Hall–Kier alpha value is -1.63. The van der Waals surface area contributed by atoms with Crippen LogP contribution in [0.2, 0.25) is 0 Å². The van der Waals surface area contributed by atoms with E-state index >= 15 is 0 Å². The van der Waals surface area contributed by atoms with Gasteiger partial charge in [-0.05, 0) is 28.7 Å². The third kappa shape index (κ3) is 1.86. The van der Waals surface area contributed by atoms with Crippen LogP contribution in [0.3, 0.4) is 0 Å². The second kappa shape index (κ2) is 3.99. The number of carbonyl (C=O) groups excluding carboxylic acids is 1. The summed E-state index contributed by atoms with van der Waals surface area (Å²) in [6.07, 6.45) is 1.73. The van der Waals surface area contributed by atoms with Crippen LogP contribution in [-0.4, -0.2) is 5.78 Å². The lowest BCUT2D eigenvalue weighted by Gasteiger charge is -2.10. The molecule has 1 fully saturated rings. The van der Waals surface area contributed by atoms with Crippen LogP contribution in [-0.2, 0) is 4.79 Å². The molecule has 0 radical (unpaired) electrons. The van der Waals surface area contributed by atoms with Gasteiger partial charge in [0.1, 0.15) is 5.78 Å². The average Bonchev–Trinajstić information content (AvgIpc) is 2.69. The molecule has 1 heteroatoms. The number of Topliss-reactive ketones (excluding diaryl/α,β-unsaturated/α-hetero) is 1. The number of carbonyl (C=O) groups is 1. The zero-order valence-electron chi connectivity index (χ0n) is 10.0. The van der Waals surface area contributed by atoms with Crippen LogP contribution in [0.1, 0.15) is 31.2 Å². The van der Waals surface area contributed by atoms with Gasteiger partial charge in [-0.15, -0.1) is 0 Å². The minimum absolute atomic E-state index is 0.242. The van der Waals surface area contributed by atoms with Gasteiger partial charge in [-0.1, -0.05) is 49.4 Å². The highest BCUT2D eigenvalue weighted by molar-refractivity contribution is 5.86. The summed E-state index contributed by atoms with van der Waals surface area (Å²) in [4.78, 5) is 11.6. The van der Waals surface area contributed by atoms with Gasteiger partial charge in [-0.25, -0.2) is 0 Å². The Bertz CT molecular complexity index is 571. The Morgan fingerprint density at radius 1 is 1.06 bits per heavy atom. The van der Waals surface area contributed by atoms with Crippen LogP contribution < -0.4 is 0 Å². The van der Waals surface area contributed by atoms with Crippen LogP contribution in [0, 0.1) is 5.92 Å². The fourth-order valence-electron chi connectivity index (χ4n) is 2.80. The molecule has 3 rings (SSSR count). The molecular formula is C16H16O. The first-order valence-electron chi connectivity index (χ1n) is 6.25. The molecule has 1 saturated carbocycles. The predicted molar refractivity (Wildman–Crippen MR) is 70.1 cm³/mol. The molecule has 0 aliphatic heterocycles. The smallest absolute Gasteiger partial charge is 0.136 e. The van der Waals surface area contributed by atoms with Crippen LogP contribution in [0.15, 0.2) is 42.5 Å². The Morgan fingerprint density at radius 3 is 2.53 bits per heavy atom. The van der Waals surface area contributed by atoms with Crippen molar-refractivity contribution in [1.29, 1.82) is 0 Å². The molecule has 0 amide bonds. The summed E-state index contributed by atoms with van der Waals surface area (Å²) in [5, 5.41) is 2.55. The van der Waals surface area contributed by atoms with E-state index in [4.69, 9.17) is 0 Å². The van der Waals surface area contributed by atoms with Gasteiger partial charge in [-0.2, -0.15) is 0 Å². The summed E-state index contributed by atoms with van der Waals surface area (Å²) in [5.41, 5.74) is 1.32. The average molecular weight is 224 g/mol. The number of hydrogen-bond acceptors (Lipinski definition) is 1. The first-order valence-corrected chi connectivity index (χ1v) is 6.25. The molecule has 0 spiro atoms. The Balaban J connectivity index is 1.99. The third-order valence-corrected chi connectivity index (χ3v) is 3.88. The minimum Gasteiger partial charge on any atom is -0.299 e. The molecule has 0 bridgehead atoms. The van der Waals surface area contributed by atoms with Gasteiger partial charge in [0.05, 0.1) is 0 Å². The lowest BCUT2D eigenvalue weighted by atomic mass is 9.94. The standard InChI is InChI=1S/C16H16O/c1-11-8-15(10-16(11)17)14-7-6-12-4-2-3-5-13(12)9-14/h2-7,9,11,15H,8,10H2,1H3. The molecule has 2 unspecified atom stereocenters. The monoisotopic (exact) mass is 224 g/mol. The van der Waals surface area contributed by atoms with Crippen LogP contribution in [0.25, 0.3) is 10.8 Å². The fourth-order valence-corrected chi connectivity index (χ4v) is 2.80. The third-order valence-electron chi connectivity index (χ3n) is 3.88. The molecule has 2 aromatic rings. The summed E-state index contributed by atoms with van der Waals surface area (Å²) < 4.78 is 0. The minimum atomic E-state index is 0.242. The van der Waals surface area contributed by atoms with Crippen LogP contribution >= 0.6 is 0 Å². The molecule has 86 valence electrons. The van der Waals surface area contributed by atoms with E-state index in [9.17, 15) is 4.79 Å². The van der Waals surface area contributed by atoms with Gasteiger partial charge in [-0.3, -0.25) is 4.79 Å². The van der Waals surface area contributed by atoms with Gasteiger partial charge < -0.3 is 0 Å². The van der Waals surface area contributed by atoms with E-state index in [1.54, 1.807) is 0 Å². The largest absolute Gasteiger partial charge is 0.299 e. The van der Waals surface area contributed by atoms with Crippen molar-refractivity contribution < 1.29 is 4.79 Å². The fraction of sp³-hybridized carbons (Fsp3) is 0.312. The molecule has 1 aliphatic rings. The highest BCUT2D eigenvalue weighted by Crippen LogP contribution is 2.36. The van der Waals surface area contributed by atoms with E-state index in [1.807, 2.05) is 6.92 Å². The highest BCUT2D eigenvalue weighted by atomic mass is 16.1. The summed E-state index contributed by atoms with van der Waals surface area (Å²) in [6.45, 7) is 2.05. The van der Waals surface area contributed by atoms with Crippen molar-refractivity contribution in [2.24, 2.45) is 5.92 Å². The molecule has 0 N–H and O–H groups in total. The molecule has 0 aromatic heterocycles. The first-order chi connectivity index (χ1) is 8.24. The van der Waals surface area contributed by atoms with Gasteiger partial charge in [0.2, 0.25) is 0 Å². The number of fused-ring (bicyclic) bond motifs is 1. The molecule has 17 heavy (non-hydrogen) atoms.